The van der Waals surface area contributed by atoms with Crippen molar-refractivity contribution in [1.82, 2.24) is 0 Å². The summed E-state index contributed by atoms with van der Waals surface area (Å²) < 4.78 is 31.7. The Hall–Kier alpha value is -2.08. The summed E-state index contributed by atoms with van der Waals surface area (Å²) >= 11 is 0. The van der Waals surface area contributed by atoms with Crippen molar-refractivity contribution in [2.75, 3.05) is 0 Å². The van der Waals surface area contributed by atoms with Gasteiger partial charge in [0.25, 0.3) is 0 Å². The minimum atomic E-state index is -5.08. The summed E-state index contributed by atoms with van der Waals surface area (Å²) in [6, 6.07) is 14.5. The van der Waals surface area contributed by atoms with Gasteiger partial charge in [0.15, 0.2) is 0 Å². The Kier molecular flexibility index (Phi) is 4.88. The zero-order valence-corrected chi connectivity index (χ0v) is 9.82. The second-order valence-corrected chi connectivity index (χ2v) is 3.65. The summed E-state index contributed by atoms with van der Waals surface area (Å²) in [5.41, 5.74) is 6.83. The molecule has 0 spiro atoms. The molecule has 0 bridgehead atoms. The lowest BCUT2D eigenvalue weighted by Crippen LogP contribution is -2.21. The van der Waals surface area contributed by atoms with Gasteiger partial charge < -0.3 is 10.8 Å². The molecule has 6 heteroatoms. The third-order valence-corrected chi connectivity index (χ3v) is 2.34. The van der Waals surface area contributed by atoms with Crippen LogP contribution in [0.5, 0.6) is 0 Å². The van der Waals surface area contributed by atoms with Crippen molar-refractivity contribution in [3.8, 4) is 0 Å². The maximum atomic E-state index is 10.6. The van der Waals surface area contributed by atoms with Crippen molar-refractivity contribution in [3.63, 3.8) is 0 Å². The Labute approximate surface area is 107 Å². The fraction of sp³-hybridized carbons (Fsp3) is 0.154. The number of benzene rings is 2. The minimum Gasteiger partial charge on any atom is -0.475 e. The van der Waals surface area contributed by atoms with E-state index >= 15 is 0 Å². The van der Waals surface area contributed by atoms with Gasteiger partial charge in [-0.15, -0.1) is 0 Å². The molecule has 0 saturated carbocycles. The zero-order valence-electron chi connectivity index (χ0n) is 9.82. The first-order valence-electron chi connectivity index (χ1n) is 5.33. The molecule has 102 valence electrons. The second-order valence-electron chi connectivity index (χ2n) is 3.65. The quantitative estimate of drug-likeness (QED) is 0.838. The molecule has 0 aliphatic rings. The van der Waals surface area contributed by atoms with E-state index < -0.39 is 12.1 Å². The van der Waals surface area contributed by atoms with E-state index in [2.05, 4.69) is 24.3 Å². The van der Waals surface area contributed by atoms with E-state index in [0.29, 0.717) is 6.54 Å². The van der Waals surface area contributed by atoms with Gasteiger partial charge in [0.05, 0.1) is 0 Å². The Morgan fingerprint density at radius 3 is 2.16 bits per heavy atom. The Bertz CT molecular complexity index is 562. The van der Waals surface area contributed by atoms with Crippen molar-refractivity contribution in [1.29, 1.82) is 0 Å². The molecular weight excluding hydrogens is 259 g/mol. The normalized spacial score (nSPS) is 10.7. The summed E-state index contributed by atoms with van der Waals surface area (Å²) in [6.07, 6.45) is -5.08. The number of aliphatic carboxylic acids is 1. The molecule has 2 aromatic carbocycles. The average Bonchev–Trinajstić information content (AvgIpc) is 2.37. The molecule has 0 saturated heterocycles. The van der Waals surface area contributed by atoms with Crippen LogP contribution in [0.15, 0.2) is 42.5 Å². The van der Waals surface area contributed by atoms with Crippen LogP contribution in [-0.4, -0.2) is 17.3 Å². The maximum absolute atomic E-state index is 10.6. The summed E-state index contributed by atoms with van der Waals surface area (Å²) in [7, 11) is 0. The first-order valence-corrected chi connectivity index (χ1v) is 5.33. The smallest absolute Gasteiger partial charge is 0.475 e. The van der Waals surface area contributed by atoms with Gasteiger partial charge >= 0.3 is 12.1 Å². The van der Waals surface area contributed by atoms with Crippen molar-refractivity contribution in [3.05, 3.63) is 48.0 Å². The number of alkyl halides is 3. The molecule has 2 rings (SSSR count). The monoisotopic (exact) mass is 271 g/mol. The number of nitrogens with two attached hydrogens (primary N) is 1. The van der Waals surface area contributed by atoms with Gasteiger partial charge in [0, 0.05) is 6.54 Å². The highest BCUT2D eigenvalue weighted by molar-refractivity contribution is 5.85. The highest BCUT2D eigenvalue weighted by atomic mass is 19.4. The van der Waals surface area contributed by atoms with E-state index in [9.17, 15) is 13.2 Å². The number of carbonyl (C=O) groups is 1. The molecule has 0 amide bonds. The summed E-state index contributed by atoms with van der Waals surface area (Å²) in [6.45, 7) is 0.612. The third-order valence-electron chi connectivity index (χ3n) is 2.34. The number of carboxylic acids is 1. The van der Waals surface area contributed by atoms with E-state index in [4.69, 9.17) is 15.6 Å². The van der Waals surface area contributed by atoms with Crippen molar-refractivity contribution < 1.29 is 23.1 Å². The van der Waals surface area contributed by atoms with Crippen LogP contribution in [0, 0.1) is 0 Å². The lowest BCUT2D eigenvalue weighted by atomic mass is 10.1. The summed E-state index contributed by atoms with van der Waals surface area (Å²) in [5.74, 6) is -2.76. The van der Waals surface area contributed by atoms with Crippen molar-refractivity contribution in [2.45, 2.75) is 12.7 Å². The second kappa shape index (κ2) is 6.19. The van der Waals surface area contributed by atoms with Crippen LogP contribution >= 0.6 is 0 Å². The third kappa shape index (κ3) is 4.26. The highest BCUT2D eigenvalue weighted by Crippen LogP contribution is 2.17. The fourth-order valence-electron chi connectivity index (χ4n) is 1.47. The van der Waals surface area contributed by atoms with E-state index in [0.717, 1.165) is 0 Å². The largest absolute Gasteiger partial charge is 0.490 e. The van der Waals surface area contributed by atoms with Gasteiger partial charge in [-0.1, -0.05) is 42.5 Å². The molecule has 0 radical (unpaired) electrons. The van der Waals surface area contributed by atoms with Gasteiger partial charge in [0.2, 0.25) is 0 Å². The number of hydrogen-bond donors (Lipinski definition) is 2. The van der Waals surface area contributed by atoms with E-state index in [1.54, 1.807) is 0 Å². The first-order chi connectivity index (χ1) is 8.86. The molecule has 3 N–H and O–H groups in total. The average molecular weight is 271 g/mol. The number of hydrogen-bond acceptors (Lipinski definition) is 2. The predicted molar refractivity (Wildman–Crippen MR) is 65.5 cm³/mol. The maximum Gasteiger partial charge on any atom is 0.490 e. The van der Waals surface area contributed by atoms with Crippen molar-refractivity contribution >= 4 is 16.7 Å². The standard InChI is InChI=1S/C11H11N.C2HF3O2/c12-8-10-6-3-5-9-4-1-2-7-11(9)10;3-2(4,5)1(6)7/h1-7H,8,12H2;(H,6,7). The molecule has 0 heterocycles. The number of halogens is 3. The van der Waals surface area contributed by atoms with Gasteiger partial charge in [-0.2, -0.15) is 13.2 Å². The van der Waals surface area contributed by atoms with E-state index in [-0.39, 0.29) is 0 Å². The van der Waals surface area contributed by atoms with Crippen LogP contribution in [0.4, 0.5) is 13.2 Å². The van der Waals surface area contributed by atoms with Crippen LogP contribution in [-0.2, 0) is 11.3 Å². The number of carboxylic acid groups (broad SMARTS) is 1. The Balaban J connectivity index is 0.000000224. The lowest BCUT2D eigenvalue weighted by molar-refractivity contribution is -0.192. The van der Waals surface area contributed by atoms with Gasteiger partial charge in [-0.05, 0) is 16.3 Å². The Morgan fingerprint density at radius 2 is 1.63 bits per heavy atom. The molecule has 0 fully saturated rings. The van der Waals surface area contributed by atoms with Gasteiger partial charge in [0.1, 0.15) is 0 Å². The van der Waals surface area contributed by atoms with Crippen LogP contribution in [0.1, 0.15) is 5.56 Å². The topological polar surface area (TPSA) is 63.3 Å². The highest BCUT2D eigenvalue weighted by Gasteiger charge is 2.38. The minimum absolute atomic E-state index is 0.612. The molecule has 0 aliphatic carbocycles. The summed E-state index contributed by atoms with van der Waals surface area (Å²) in [4.78, 5) is 8.90. The molecule has 0 aromatic heterocycles. The lowest BCUT2D eigenvalue weighted by Gasteiger charge is -2.02. The van der Waals surface area contributed by atoms with Crippen LogP contribution < -0.4 is 5.73 Å². The van der Waals surface area contributed by atoms with Crippen LogP contribution in [0.25, 0.3) is 10.8 Å². The van der Waals surface area contributed by atoms with E-state index in [1.807, 2.05) is 18.2 Å². The molecule has 3 nitrogen and oxygen atoms in total. The zero-order chi connectivity index (χ0) is 14.5. The van der Waals surface area contributed by atoms with Crippen LogP contribution in [0.2, 0.25) is 0 Å². The molecule has 0 aliphatic heterocycles. The molecule has 19 heavy (non-hydrogen) atoms. The van der Waals surface area contributed by atoms with Gasteiger partial charge in [-0.3, -0.25) is 0 Å². The predicted octanol–water partition coefficient (Wildman–Crippen LogP) is 2.93. The summed E-state index contributed by atoms with van der Waals surface area (Å²) in [5, 5.41) is 9.66. The number of rotatable bonds is 1. The number of fused-ring (bicyclic) bond motifs is 1. The SMILES string of the molecule is NCc1cccc2ccccc12.O=C(O)C(F)(F)F. The fourth-order valence-corrected chi connectivity index (χ4v) is 1.47. The molecular formula is C13H12F3NO2. The van der Waals surface area contributed by atoms with E-state index in [1.165, 1.54) is 16.3 Å². The van der Waals surface area contributed by atoms with Crippen LogP contribution in [0.3, 0.4) is 0 Å². The molecule has 0 unspecified atom stereocenters. The van der Waals surface area contributed by atoms with Gasteiger partial charge in [-0.25, -0.2) is 4.79 Å². The molecule has 2 aromatic rings. The first kappa shape index (κ1) is 15.0. The molecule has 0 atom stereocenters. The van der Waals surface area contributed by atoms with Crippen molar-refractivity contribution in [2.24, 2.45) is 5.73 Å². The Morgan fingerprint density at radius 1 is 1.11 bits per heavy atom.